The largest absolute Gasteiger partial charge is 0.337 e. The molecule has 2 amide bonds. The van der Waals surface area contributed by atoms with Gasteiger partial charge < -0.3 is 9.80 Å². The summed E-state index contributed by atoms with van der Waals surface area (Å²) in [6.07, 6.45) is 1.46. The summed E-state index contributed by atoms with van der Waals surface area (Å²) in [5.74, 6) is -0.277. The molecule has 2 aromatic carbocycles. The molecular formula is C19H19FN2O2. The minimum atomic E-state index is -0.292. The Balaban J connectivity index is 1.67. The Labute approximate surface area is 140 Å². The Kier molecular flexibility index (Phi) is 4.60. The second-order valence-electron chi connectivity index (χ2n) is 5.98. The zero-order valence-electron chi connectivity index (χ0n) is 13.5. The van der Waals surface area contributed by atoms with Crippen LogP contribution in [0.5, 0.6) is 0 Å². The van der Waals surface area contributed by atoms with Crippen molar-refractivity contribution in [3.8, 4) is 0 Å². The summed E-state index contributed by atoms with van der Waals surface area (Å²) in [6.45, 7) is 1.14. The number of benzene rings is 2. The van der Waals surface area contributed by atoms with Gasteiger partial charge in [-0.25, -0.2) is 4.39 Å². The number of amides is 2. The van der Waals surface area contributed by atoms with Gasteiger partial charge in [-0.2, -0.15) is 0 Å². The van der Waals surface area contributed by atoms with Crippen molar-refractivity contribution in [3.05, 3.63) is 65.5 Å². The van der Waals surface area contributed by atoms with Crippen molar-refractivity contribution in [1.82, 2.24) is 4.90 Å². The number of carbonyl (C=O) groups excluding carboxylic acids is 2. The van der Waals surface area contributed by atoms with Gasteiger partial charge in [0.15, 0.2) is 0 Å². The van der Waals surface area contributed by atoms with Gasteiger partial charge in [-0.3, -0.25) is 9.59 Å². The van der Waals surface area contributed by atoms with Crippen LogP contribution < -0.4 is 4.90 Å². The van der Waals surface area contributed by atoms with Gasteiger partial charge in [0.1, 0.15) is 5.82 Å². The number of anilines is 1. The van der Waals surface area contributed by atoms with E-state index in [0.717, 1.165) is 24.2 Å². The van der Waals surface area contributed by atoms with Crippen molar-refractivity contribution in [2.45, 2.75) is 19.4 Å². The van der Waals surface area contributed by atoms with Gasteiger partial charge in [-0.05, 0) is 48.4 Å². The van der Waals surface area contributed by atoms with E-state index in [2.05, 4.69) is 0 Å². The van der Waals surface area contributed by atoms with Gasteiger partial charge in [0, 0.05) is 37.8 Å². The molecular weight excluding hydrogens is 307 g/mol. The maximum atomic E-state index is 12.9. The molecule has 1 heterocycles. The van der Waals surface area contributed by atoms with Crippen LogP contribution in [-0.4, -0.2) is 30.3 Å². The predicted octanol–water partition coefficient (Wildman–Crippen LogP) is 3.22. The van der Waals surface area contributed by atoms with E-state index in [1.54, 1.807) is 41.1 Å². The Bertz CT molecular complexity index is 741. The molecule has 0 spiro atoms. The van der Waals surface area contributed by atoms with Crippen LogP contribution in [0.3, 0.4) is 0 Å². The maximum Gasteiger partial charge on any atom is 0.253 e. The van der Waals surface area contributed by atoms with E-state index in [1.807, 2.05) is 12.1 Å². The van der Waals surface area contributed by atoms with Crippen molar-refractivity contribution in [1.29, 1.82) is 0 Å². The lowest BCUT2D eigenvalue weighted by Crippen LogP contribution is -2.26. The first-order chi connectivity index (χ1) is 11.5. The van der Waals surface area contributed by atoms with E-state index in [4.69, 9.17) is 0 Å². The normalized spacial score (nSPS) is 14.1. The molecule has 1 fully saturated rings. The van der Waals surface area contributed by atoms with Crippen molar-refractivity contribution in [3.63, 3.8) is 0 Å². The van der Waals surface area contributed by atoms with E-state index in [0.29, 0.717) is 18.5 Å². The lowest BCUT2D eigenvalue weighted by Gasteiger charge is -2.19. The second kappa shape index (κ2) is 6.83. The van der Waals surface area contributed by atoms with Gasteiger partial charge in [0.25, 0.3) is 5.91 Å². The van der Waals surface area contributed by atoms with Crippen LogP contribution in [-0.2, 0) is 11.3 Å². The standard InChI is InChI=1S/C19H19FN2O2/c1-21(13-14-4-8-16(20)9-5-14)19(24)15-6-10-17(11-7-15)22-12-2-3-18(22)23/h4-11H,2-3,12-13H2,1H3. The van der Waals surface area contributed by atoms with E-state index < -0.39 is 0 Å². The molecule has 4 nitrogen and oxygen atoms in total. The highest BCUT2D eigenvalue weighted by atomic mass is 19.1. The first kappa shape index (κ1) is 16.2. The highest BCUT2D eigenvalue weighted by Gasteiger charge is 2.22. The summed E-state index contributed by atoms with van der Waals surface area (Å²) < 4.78 is 12.9. The second-order valence-corrected chi connectivity index (χ2v) is 5.98. The summed E-state index contributed by atoms with van der Waals surface area (Å²) in [6, 6.07) is 13.2. The van der Waals surface area contributed by atoms with Crippen molar-refractivity contribution >= 4 is 17.5 Å². The minimum absolute atomic E-state index is 0.112. The number of hydrogen-bond acceptors (Lipinski definition) is 2. The van der Waals surface area contributed by atoms with Crippen molar-refractivity contribution < 1.29 is 14.0 Å². The van der Waals surface area contributed by atoms with Crippen LogP contribution in [0.2, 0.25) is 0 Å². The van der Waals surface area contributed by atoms with E-state index in [-0.39, 0.29) is 17.6 Å². The Morgan fingerprint density at radius 2 is 1.79 bits per heavy atom. The first-order valence-electron chi connectivity index (χ1n) is 7.95. The minimum Gasteiger partial charge on any atom is -0.337 e. The van der Waals surface area contributed by atoms with Gasteiger partial charge in [-0.1, -0.05) is 12.1 Å². The number of halogens is 1. The summed E-state index contributed by atoms with van der Waals surface area (Å²) in [5, 5.41) is 0. The van der Waals surface area contributed by atoms with Gasteiger partial charge >= 0.3 is 0 Å². The number of nitrogens with zero attached hydrogens (tertiary/aromatic N) is 2. The summed E-state index contributed by atoms with van der Waals surface area (Å²) >= 11 is 0. The fourth-order valence-electron chi connectivity index (χ4n) is 2.86. The topological polar surface area (TPSA) is 40.6 Å². The van der Waals surface area contributed by atoms with Gasteiger partial charge in [-0.15, -0.1) is 0 Å². The highest BCUT2D eigenvalue weighted by Crippen LogP contribution is 2.22. The monoisotopic (exact) mass is 326 g/mol. The molecule has 0 saturated carbocycles. The molecule has 5 heteroatoms. The Hall–Kier alpha value is -2.69. The van der Waals surface area contributed by atoms with Crippen LogP contribution in [0.25, 0.3) is 0 Å². The molecule has 0 bridgehead atoms. The molecule has 3 rings (SSSR count). The molecule has 1 aliphatic heterocycles. The molecule has 0 unspecified atom stereocenters. The summed E-state index contributed by atoms with van der Waals surface area (Å²) in [4.78, 5) is 27.6. The third-order valence-corrected chi connectivity index (χ3v) is 4.18. The zero-order valence-corrected chi connectivity index (χ0v) is 13.5. The lowest BCUT2D eigenvalue weighted by atomic mass is 10.1. The molecule has 2 aromatic rings. The SMILES string of the molecule is CN(Cc1ccc(F)cc1)C(=O)c1ccc(N2CCCC2=O)cc1. The maximum absolute atomic E-state index is 12.9. The Morgan fingerprint density at radius 1 is 1.12 bits per heavy atom. The summed E-state index contributed by atoms with van der Waals surface area (Å²) in [7, 11) is 1.71. The van der Waals surface area contributed by atoms with Crippen molar-refractivity contribution in [2.75, 3.05) is 18.5 Å². The average Bonchev–Trinajstić information content (AvgIpc) is 3.02. The van der Waals surface area contributed by atoms with Gasteiger partial charge in [0.05, 0.1) is 0 Å². The molecule has 1 aliphatic rings. The average molecular weight is 326 g/mol. The molecule has 0 aliphatic carbocycles. The highest BCUT2D eigenvalue weighted by molar-refractivity contribution is 5.97. The lowest BCUT2D eigenvalue weighted by molar-refractivity contribution is -0.117. The van der Waals surface area contributed by atoms with E-state index >= 15 is 0 Å². The molecule has 1 saturated heterocycles. The fraction of sp³-hybridized carbons (Fsp3) is 0.263. The van der Waals surface area contributed by atoms with Crippen LogP contribution in [0.1, 0.15) is 28.8 Å². The smallest absolute Gasteiger partial charge is 0.253 e. The summed E-state index contributed by atoms with van der Waals surface area (Å²) in [5.41, 5.74) is 2.26. The number of rotatable bonds is 4. The fourth-order valence-corrected chi connectivity index (χ4v) is 2.86. The number of carbonyl (C=O) groups is 2. The predicted molar refractivity (Wildman–Crippen MR) is 90.2 cm³/mol. The first-order valence-corrected chi connectivity index (χ1v) is 7.95. The van der Waals surface area contributed by atoms with E-state index in [1.165, 1.54) is 12.1 Å². The molecule has 0 aromatic heterocycles. The van der Waals surface area contributed by atoms with Gasteiger partial charge in [0.2, 0.25) is 5.91 Å². The van der Waals surface area contributed by atoms with Crippen LogP contribution in [0.15, 0.2) is 48.5 Å². The van der Waals surface area contributed by atoms with Crippen LogP contribution in [0.4, 0.5) is 10.1 Å². The number of hydrogen-bond donors (Lipinski definition) is 0. The van der Waals surface area contributed by atoms with E-state index in [9.17, 15) is 14.0 Å². The molecule has 0 N–H and O–H groups in total. The molecule has 0 radical (unpaired) electrons. The molecule has 0 atom stereocenters. The quantitative estimate of drug-likeness (QED) is 0.865. The molecule has 24 heavy (non-hydrogen) atoms. The zero-order chi connectivity index (χ0) is 17.1. The Morgan fingerprint density at radius 3 is 2.38 bits per heavy atom. The van der Waals surface area contributed by atoms with Crippen LogP contribution >= 0.6 is 0 Å². The third kappa shape index (κ3) is 3.45. The molecule has 124 valence electrons. The van der Waals surface area contributed by atoms with Crippen LogP contribution in [0, 0.1) is 5.82 Å². The van der Waals surface area contributed by atoms with Crippen molar-refractivity contribution in [2.24, 2.45) is 0 Å². The third-order valence-electron chi connectivity index (χ3n) is 4.18.